The Labute approximate surface area is 829 Å². The number of hydrogen-bond donors (Lipinski definition) is 6. The summed E-state index contributed by atoms with van der Waals surface area (Å²) >= 11 is 13.7. The maximum atomic E-state index is 11.3. The second kappa shape index (κ2) is 87.6. The van der Waals surface area contributed by atoms with Crippen molar-refractivity contribution in [3.63, 3.8) is 0 Å². The molecule has 1 rings (SSSR count). The molecule has 1 heterocycles. The van der Waals surface area contributed by atoms with Crippen LogP contribution in [0, 0.1) is 0 Å². The Kier molecular flexibility index (Phi) is 92.5. The molecule has 124 heavy (non-hydrogen) atoms. The first-order valence-electron chi connectivity index (χ1n) is 34.9. The van der Waals surface area contributed by atoms with Gasteiger partial charge in [-0.25, -0.2) is 38.4 Å². The quantitative estimate of drug-likeness (QED) is 0.00791. The van der Waals surface area contributed by atoms with Crippen LogP contribution in [0.4, 0.5) is 0 Å². The molecule has 0 aromatic carbocycles. The van der Waals surface area contributed by atoms with Crippen LogP contribution in [-0.2, 0) is 156 Å². The summed E-state index contributed by atoms with van der Waals surface area (Å²) in [4.78, 5) is 111. The average Bonchev–Trinajstić information content (AvgIpc) is 1.75. The fraction of sp³-hybridized carbons (Fsp3) is 0.594. The molecule has 39 nitrogen and oxygen atoms in total. The Balaban J connectivity index is -0.000000748. The van der Waals surface area contributed by atoms with Gasteiger partial charge in [-0.3, -0.25) is 9.59 Å². The second-order valence-electron chi connectivity index (χ2n) is 22.7. The van der Waals surface area contributed by atoms with E-state index in [-0.39, 0.29) is 183 Å². The van der Waals surface area contributed by atoms with E-state index in [4.69, 9.17) is 134 Å². The molecule has 1 saturated heterocycles. The van der Waals surface area contributed by atoms with Crippen LogP contribution >= 0.6 is 197 Å². The van der Waals surface area contributed by atoms with Crippen molar-refractivity contribution in [3.05, 3.63) is 101 Å². The lowest BCUT2D eigenvalue weighted by molar-refractivity contribution is -0.152. The molecule has 0 aromatic rings. The predicted molar refractivity (Wildman–Crippen MR) is 529 cm³/mol. The maximum Gasteiger partial charge on any atom is 0.330 e. The van der Waals surface area contributed by atoms with Gasteiger partial charge in [-0.2, -0.15) is 22.4 Å². The Morgan fingerprint density at radius 1 is 0.323 bits per heavy atom. The van der Waals surface area contributed by atoms with Gasteiger partial charge in [-0.1, -0.05) is 52.6 Å². The number of rotatable bonds is 70. The fourth-order valence-corrected chi connectivity index (χ4v) is 17.2. The largest absolute Gasteiger partial charge is 0.460 e. The monoisotopic (exact) mass is 2670 g/mol. The van der Waals surface area contributed by atoms with Crippen molar-refractivity contribution < 1.29 is 186 Å². The third-order valence-corrected chi connectivity index (χ3v) is 21.3. The number of aliphatic hydroxyl groups is 6. The number of esters is 10. The summed E-state index contributed by atoms with van der Waals surface area (Å²) < 4.78 is 119. The summed E-state index contributed by atoms with van der Waals surface area (Å²) in [7, 11) is 34.6. The smallest absolute Gasteiger partial charge is 0.330 e. The minimum atomic E-state index is -1.22. The Morgan fingerprint density at radius 3 is 0.629 bits per heavy atom. The molecular weight excluding hydrogens is 2570 g/mol. The van der Waals surface area contributed by atoms with E-state index in [9.17, 15) is 78.6 Å². The van der Waals surface area contributed by atoms with Crippen molar-refractivity contribution in [2.75, 3.05) is 159 Å². The Morgan fingerprint density at radius 2 is 0.476 bits per heavy atom. The van der Waals surface area contributed by atoms with Crippen LogP contribution < -0.4 is 0 Å². The summed E-state index contributed by atoms with van der Waals surface area (Å²) in [5.74, 6) is -5.66. The molecule has 60 heteroatoms. The van der Waals surface area contributed by atoms with Gasteiger partial charge < -0.3 is 138 Å². The molecule has 0 saturated carbocycles. The number of carbonyl (C=O) groups excluding carboxylic acids is 10. The molecule has 6 N–H and O–H groups in total. The minimum Gasteiger partial charge on any atom is -0.460 e. The van der Waals surface area contributed by atoms with Crippen molar-refractivity contribution in [1.82, 2.24) is 0 Å². The van der Waals surface area contributed by atoms with Crippen LogP contribution in [0.15, 0.2) is 101 Å². The lowest BCUT2D eigenvalue weighted by atomic mass is 10.3. The zero-order valence-corrected chi connectivity index (χ0v) is 88.0. The molecule has 0 aliphatic carbocycles. The maximum absolute atomic E-state index is 11.3. The summed E-state index contributed by atoms with van der Waals surface area (Å²) in [6.07, 6.45) is -0.918. The molecule has 1 aliphatic heterocycles. The van der Waals surface area contributed by atoms with E-state index in [1.807, 2.05) is 137 Å². The van der Waals surface area contributed by atoms with Gasteiger partial charge >= 0.3 is 59.7 Å². The summed E-state index contributed by atoms with van der Waals surface area (Å²) in [6.45, 7) is 25.0. The second-order valence-corrected chi connectivity index (χ2v) is 47.5. The lowest BCUT2D eigenvalue weighted by Crippen LogP contribution is -2.31. The zero-order valence-electron chi connectivity index (χ0n) is 66.5. The molecule has 1 fully saturated rings. The van der Waals surface area contributed by atoms with Crippen LogP contribution in [0.5, 0.6) is 0 Å². The average molecular weight is 2670 g/mol. The Bertz CT molecular complexity index is 2960. The highest BCUT2D eigenvalue weighted by Gasteiger charge is 2.33. The van der Waals surface area contributed by atoms with E-state index in [2.05, 4.69) is 94.0 Å². The third kappa shape index (κ3) is 87.9. The summed E-state index contributed by atoms with van der Waals surface area (Å²) in [5.41, 5.74) is -7.50. The normalized spacial score (nSPS) is 16.4. The molecule has 18 atom stereocenters. The van der Waals surface area contributed by atoms with Crippen LogP contribution in [0.25, 0.3) is 0 Å². The molecule has 0 bridgehead atoms. The van der Waals surface area contributed by atoms with E-state index >= 15 is 0 Å². The van der Waals surface area contributed by atoms with E-state index in [1.165, 1.54) is 0 Å². The van der Waals surface area contributed by atoms with Gasteiger partial charge in [0.1, 0.15) is 126 Å². The van der Waals surface area contributed by atoms with Crippen molar-refractivity contribution in [2.24, 2.45) is 0 Å². The molecule has 13 radical (unpaired) electrons. The topological polar surface area (TPSA) is 504 Å². The number of halogens is 7. The van der Waals surface area contributed by atoms with Gasteiger partial charge in [0.05, 0.1) is 118 Å². The van der Waals surface area contributed by atoms with Gasteiger partial charge in [-0.15, -0.1) is 8.46 Å². The number of ether oxygens (including phenoxy) is 17. The van der Waals surface area contributed by atoms with E-state index in [0.29, 0.717) is 8.46 Å². The van der Waals surface area contributed by atoms with E-state index in [1.54, 1.807) is 0 Å². The van der Waals surface area contributed by atoms with Crippen molar-refractivity contribution in [2.45, 2.75) is 85.3 Å². The summed E-state index contributed by atoms with van der Waals surface area (Å²) in [6, 6.07) is 0. The van der Waals surface area contributed by atoms with Gasteiger partial charge in [0, 0.05) is 82.6 Å². The molecule has 689 valence electrons. The van der Waals surface area contributed by atoms with Gasteiger partial charge in [0.25, 0.3) is 0 Å². The minimum absolute atomic E-state index is 0.0391. The SMILES string of the molecule is C=CC(=O)OCC(O)COCC(O)COCC(O)COC(=O)C=C.O=C1CC(P[B]I)C(=O)O1.[B]P(I)OC(COCC(COC(=O)C=C)OP([B])I)COCC(COC(=O)C=C)OP([B])I.[B]P(I)OC(COCC(O)COC(=O)C=C)COCC(COC(=O)C=C)OP([B])I.[B]P(I)OC(COCC(O)COCC(O)COC(=O)C=C)COC(=O)C=C. The number of carbonyl (C=O) groups is 10. The first kappa shape index (κ1) is 131. The molecule has 0 spiro atoms. The molecule has 1 aliphatic rings. The van der Waals surface area contributed by atoms with Crippen molar-refractivity contribution in [1.29, 1.82) is 0 Å². The highest BCUT2D eigenvalue weighted by molar-refractivity contribution is 14.2. The van der Waals surface area contributed by atoms with Crippen LogP contribution in [0.1, 0.15) is 6.42 Å². The fourth-order valence-electron chi connectivity index (χ4n) is 7.04. The van der Waals surface area contributed by atoms with Crippen molar-refractivity contribution >= 4 is 307 Å². The van der Waals surface area contributed by atoms with Gasteiger partial charge in [0.15, 0.2) is 45.4 Å². The van der Waals surface area contributed by atoms with Crippen LogP contribution in [-0.4, -0.2) is 378 Å². The van der Waals surface area contributed by atoms with Crippen LogP contribution in [0.3, 0.4) is 0 Å². The zero-order chi connectivity index (χ0) is 94.8. The molecule has 0 aromatic heterocycles. The Hall–Kier alpha value is 0.595. The third-order valence-electron chi connectivity index (χ3n) is 12.2. The number of cyclic esters (lactones) is 2. The van der Waals surface area contributed by atoms with Gasteiger partial charge in [-0.05, 0) is 132 Å². The highest BCUT2D eigenvalue weighted by atomic mass is 127. The number of aliphatic hydroxyl groups excluding tert-OH is 6. The molecule has 0 amide bonds. The van der Waals surface area contributed by atoms with E-state index in [0.717, 1.165) is 48.6 Å². The van der Waals surface area contributed by atoms with Crippen LogP contribution in [0.2, 0.25) is 0 Å². The number of hydrogen-bond acceptors (Lipinski definition) is 39. The predicted octanol–water partition coefficient (Wildman–Crippen LogP) is 5.85. The van der Waals surface area contributed by atoms with Crippen molar-refractivity contribution in [3.8, 4) is 0 Å². The lowest BCUT2D eigenvalue weighted by Gasteiger charge is -2.24. The first-order valence-corrected chi connectivity index (χ1v) is 61.9. The summed E-state index contributed by atoms with van der Waals surface area (Å²) in [5, 5.41) is 57.5. The van der Waals surface area contributed by atoms with Gasteiger partial charge in [0.2, 0.25) is 4.86 Å². The molecular formula is C64H94B7I7O39P7. The van der Waals surface area contributed by atoms with E-state index < -0.39 is 155 Å². The standard InChI is InChI=1S/C15H21B3I3O9P3.C15H22B2I2O9P2.C15H23BIO9P.C15H24O9.C4H4BIO3P/c1-3-14(22)26-9-12(29-32(17)20)7-24-5-11(28-31(16)19)6-25-8-13(30-33(18)21)10-27-15(23)4-2;1-3-14(21)25-6-11(20)5-23-7-12(27-29(16)18)8-24-9-13(28-30(17)19)10-26-15(22)4-2;1-3-14(20)24-8-12(19)7-22-5-11(18)6-23-9-13(26-27(16)17)10-25-15(21)4-2;1-3-14(19)23-9-12(17)7-21-5-11(16)6-22-8-13(18)10-24-15(20)4-2;6-5-10-2-1-3(7)9-4(2)8/h3-4,11-13H,1-2,5-10H2;3-4,11-13,20H,1-2,5-10H2;3-4,11-13,18-19H,1-2,5-10H2;3-4,11-13,16-18H,1-2,5-10H2;2,10H,1H2. The highest BCUT2D eigenvalue weighted by Crippen LogP contribution is 2.45. The molecule has 18 unspecified atom stereocenters. The first-order chi connectivity index (χ1) is 58.6.